The highest BCUT2D eigenvalue weighted by molar-refractivity contribution is 4.72. The molecule has 2 heterocycles. The van der Waals surface area contributed by atoms with E-state index in [1.165, 1.54) is 117 Å². The molecule has 2 fully saturated rings. The molecule has 25 heavy (non-hydrogen) atoms. The van der Waals surface area contributed by atoms with Crippen molar-refractivity contribution in [3.63, 3.8) is 0 Å². The van der Waals surface area contributed by atoms with Crippen molar-refractivity contribution in [2.24, 2.45) is 0 Å². The summed E-state index contributed by atoms with van der Waals surface area (Å²) in [6.07, 6.45) is 7.95. The molecule has 148 valence electrons. The molecular weight excluding hydrogens is 310 g/mol. The SMILES string of the molecule is CN(CCCCNCCCCN(C)CCCN1CC1)CCCN1CC1. The van der Waals surface area contributed by atoms with Crippen molar-refractivity contribution in [1.82, 2.24) is 24.9 Å². The number of hydrogen-bond acceptors (Lipinski definition) is 5. The van der Waals surface area contributed by atoms with Crippen LogP contribution in [0.25, 0.3) is 0 Å². The van der Waals surface area contributed by atoms with E-state index in [0.717, 1.165) is 0 Å². The third-order valence-electron chi connectivity index (χ3n) is 5.39. The fraction of sp³-hybridized carbons (Fsp3) is 1.00. The van der Waals surface area contributed by atoms with Gasteiger partial charge in [-0.2, -0.15) is 0 Å². The van der Waals surface area contributed by atoms with E-state index in [2.05, 4.69) is 39.0 Å². The summed E-state index contributed by atoms with van der Waals surface area (Å²) in [4.78, 5) is 10.0. The predicted molar refractivity (Wildman–Crippen MR) is 108 cm³/mol. The number of rotatable bonds is 18. The first-order chi connectivity index (χ1) is 12.2. The lowest BCUT2D eigenvalue weighted by Gasteiger charge is -2.17. The normalized spacial score (nSPS) is 17.8. The largest absolute Gasteiger partial charge is 0.317 e. The first-order valence-electron chi connectivity index (χ1n) is 10.8. The van der Waals surface area contributed by atoms with Gasteiger partial charge >= 0.3 is 0 Å². The van der Waals surface area contributed by atoms with Gasteiger partial charge in [0.1, 0.15) is 0 Å². The summed E-state index contributed by atoms with van der Waals surface area (Å²) >= 11 is 0. The van der Waals surface area contributed by atoms with Crippen molar-refractivity contribution in [1.29, 1.82) is 0 Å². The van der Waals surface area contributed by atoms with Gasteiger partial charge in [-0.05, 0) is 105 Å². The molecule has 0 amide bonds. The second-order valence-corrected chi connectivity index (χ2v) is 8.16. The Labute approximate surface area is 156 Å². The molecule has 0 aromatic carbocycles. The minimum absolute atomic E-state index is 1.19. The van der Waals surface area contributed by atoms with Crippen LogP contribution in [0.2, 0.25) is 0 Å². The Hall–Kier alpha value is -0.200. The molecule has 2 aliphatic rings. The fourth-order valence-corrected chi connectivity index (χ4v) is 3.33. The van der Waals surface area contributed by atoms with Crippen LogP contribution in [0.5, 0.6) is 0 Å². The summed E-state index contributed by atoms with van der Waals surface area (Å²) in [6, 6.07) is 0. The maximum atomic E-state index is 3.62. The maximum absolute atomic E-state index is 3.62. The third kappa shape index (κ3) is 12.7. The molecule has 0 saturated carbocycles. The summed E-state index contributed by atoms with van der Waals surface area (Å²) in [5.41, 5.74) is 0. The summed E-state index contributed by atoms with van der Waals surface area (Å²) in [7, 11) is 4.54. The van der Waals surface area contributed by atoms with Crippen LogP contribution < -0.4 is 5.32 Å². The molecular formula is C20H43N5. The van der Waals surface area contributed by atoms with Crippen molar-refractivity contribution < 1.29 is 0 Å². The van der Waals surface area contributed by atoms with Crippen LogP contribution in [0.3, 0.4) is 0 Å². The minimum Gasteiger partial charge on any atom is -0.317 e. The molecule has 2 aliphatic heterocycles. The molecule has 0 aliphatic carbocycles. The summed E-state index contributed by atoms with van der Waals surface area (Å²) < 4.78 is 0. The molecule has 2 saturated heterocycles. The highest BCUT2D eigenvalue weighted by Crippen LogP contribution is 2.05. The van der Waals surface area contributed by atoms with Gasteiger partial charge in [0.2, 0.25) is 0 Å². The molecule has 5 heteroatoms. The van der Waals surface area contributed by atoms with E-state index in [1.807, 2.05) is 0 Å². The Kier molecular flexibility index (Phi) is 11.0. The Morgan fingerprint density at radius 2 is 1.00 bits per heavy atom. The van der Waals surface area contributed by atoms with Gasteiger partial charge in [-0.25, -0.2) is 0 Å². The minimum atomic E-state index is 1.19. The molecule has 0 aromatic heterocycles. The smallest absolute Gasteiger partial charge is 0.0110 e. The molecule has 5 nitrogen and oxygen atoms in total. The van der Waals surface area contributed by atoms with Crippen molar-refractivity contribution in [3.05, 3.63) is 0 Å². The first-order valence-corrected chi connectivity index (χ1v) is 10.8. The van der Waals surface area contributed by atoms with Crippen LogP contribution in [-0.4, -0.2) is 112 Å². The predicted octanol–water partition coefficient (Wildman–Crippen LogP) is 1.41. The van der Waals surface area contributed by atoms with Gasteiger partial charge in [0.25, 0.3) is 0 Å². The van der Waals surface area contributed by atoms with E-state index in [1.54, 1.807) is 0 Å². The van der Waals surface area contributed by atoms with Crippen molar-refractivity contribution in [2.75, 3.05) is 92.6 Å². The van der Waals surface area contributed by atoms with E-state index in [9.17, 15) is 0 Å². The van der Waals surface area contributed by atoms with Gasteiger partial charge in [-0.15, -0.1) is 0 Å². The molecule has 0 unspecified atom stereocenters. The first kappa shape index (κ1) is 21.1. The van der Waals surface area contributed by atoms with Gasteiger partial charge < -0.3 is 24.9 Å². The Morgan fingerprint density at radius 1 is 0.600 bits per heavy atom. The molecule has 0 spiro atoms. The van der Waals surface area contributed by atoms with E-state index in [0.29, 0.717) is 0 Å². The zero-order valence-corrected chi connectivity index (χ0v) is 17.0. The van der Waals surface area contributed by atoms with Crippen molar-refractivity contribution in [3.8, 4) is 0 Å². The maximum Gasteiger partial charge on any atom is 0.0110 e. The average Bonchev–Trinajstić information content (AvgIpc) is 3.48. The number of nitrogens with zero attached hydrogens (tertiary/aromatic N) is 4. The topological polar surface area (TPSA) is 24.5 Å². The van der Waals surface area contributed by atoms with Crippen LogP contribution in [-0.2, 0) is 0 Å². The molecule has 0 atom stereocenters. The quantitative estimate of drug-likeness (QED) is 0.297. The molecule has 0 bridgehead atoms. The van der Waals surface area contributed by atoms with Gasteiger partial charge in [0.15, 0.2) is 0 Å². The zero-order valence-electron chi connectivity index (χ0n) is 17.0. The Bertz CT molecular complexity index is 287. The molecule has 0 aromatic rings. The van der Waals surface area contributed by atoms with E-state index in [4.69, 9.17) is 0 Å². The lowest BCUT2D eigenvalue weighted by molar-refractivity contribution is 0.307. The van der Waals surface area contributed by atoms with Crippen LogP contribution in [0.15, 0.2) is 0 Å². The van der Waals surface area contributed by atoms with Crippen molar-refractivity contribution >= 4 is 0 Å². The zero-order chi connectivity index (χ0) is 17.7. The van der Waals surface area contributed by atoms with Gasteiger partial charge in [0, 0.05) is 26.2 Å². The highest BCUT2D eigenvalue weighted by atomic mass is 15.3. The summed E-state index contributed by atoms with van der Waals surface area (Å²) in [5, 5.41) is 3.62. The number of hydrogen-bond donors (Lipinski definition) is 1. The lowest BCUT2D eigenvalue weighted by atomic mass is 10.2. The second kappa shape index (κ2) is 13.0. The molecule has 1 N–H and O–H groups in total. The molecule has 2 rings (SSSR count). The summed E-state index contributed by atoms with van der Waals surface area (Å²) in [6.45, 7) is 15.4. The highest BCUT2D eigenvalue weighted by Gasteiger charge is 2.16. The standard InChI is InChI=1S/C20H43N5/c1-22(13-7-15-24-17-18-24)11-5-3-9-21-10-4-6-12-23(2)14-8-16-25-19-20-25/h21H,3-20H2,1-2H3. The second-order valence-electron chi connectivity index (χ2n) is 8.16. The van der Waals surface area contributed by atoms with Gasteiger partial charge in [-0.3, -0.25) is 0 Å². The van der Waals surface area contributed by atoms with Crippen LogP contribution in [0, 0.1) is 0 Å². The number of unbranched alkanes of at least 4 members (excludes halogenated alkanes) is 2. The fourth-order valence-electron chi connectivity index (χ4n) is 3.33. The average molecular weight is 354 g/mol. The van der Waals surface area contributed by atoms with Gasteiger partial charge in [-0.1, -0.05) is 0 Å². The van der Waals surface area contributed by atoms with E-state index < -0.39 is 0 Å². The van der Waals surface area contributed by atoms with E-state index >= 15 is 0 Å². The van der Waals surface area contributed by atoms with Crippen LogP contribution in [0.1, 0.15) is 38.5 Å². The van der Waals surface area contributed by atoms with Crippen molar-refractivity contribution in [2.45, 2.75) is 38.5 Å². The van der Waals surface area contributed by atoms with E-state index in [-0.39, 0.29) is 0 Å². The van der Waals surface area contributed by atoms with Gasteiger partial charge in [0.05, 0.1) is 0 Å². The lowest BCUT2D eigenvalue weighted by Crippen LogP contribution is -2.25. The Balaban J connectivity index is 1.24. The van der Waals surface area contributed by atoms with Crippen LogP contribution in [0.4, 0.5) is 0 Å². The van der Waals surface area contributed by atoms with Crippen LogP contribution >= 0.6 is 0 Å². The summed E-state index contributed by atoms with van der Waals surface area (Å²) in [5.74, 6) is 0. The number of nitrogens with one attached hydrogen (secondary N) is 1. The molecule has 0 radical (unpaired) electrons. The third-order valence-corrected chi connectivity index (χ3v) is 5.39. The Morgan fingerprint density at radius 3 is 1.40 bits per heavy atom. The monoisotopic (exact) mass is 353 g/mol.